The van der Waals surface area contributed by atoms with Crippen molar-refractivity contribution in [1.29, 1.82) is 0 Å². The van der Waals surface area contributed by atoms with Crippen LogP contribution >= 0.6 is 0 Å². The van der Waals surface area contributed by atoms with E-state index in [-0.39, 0.29) is 38.5 Å². The van der Waals surface area contributed by atoms with Crippen LogP contribution in [0.3, 0.4) is 0 Å². The molecule has 0 spiro atoms. The fourth-order valence-electron chi connectivity index (χ4n) is 6.22. The van der Waals surface area contributed by atoms with Crippen LogP contribution in [0.5, 0.6) is 0 Å². The molecule has 0 aromatic rings. The van der Waals surface area contributed by atoms with Crippen LogP contribution in [0.4, 0.5) is 0 Å². The fraction of sp³-hybridized carbons (Fsp3) is 0.889. The third-order valence-corrected chi connectivity index (χ3v) is 9.04. The first-order chi connectivity index (χ1) is 21.1. The summed E-state index contributed by atoms with van der Waals surface area (Å²) in [7, 11) is 0. The van der Waals surface area contributed by atoms with Crippen LogP contribution in [0.1, 0.15) is 38.5 Å². The molecule has 18 nitrogen and oxygen atoms in total. The smallest absolute Gasteiger partial charge is 0.311 e. The Morgan fingerprint density at radius 3 is 1.24 bits per heavy atom. The quantitative estimate of drug-likeness (QED) is 0.0898. The average Bonchev–Trinajstić information content (AvgIpc) is 2.99. The molecule has 3 saturated carbocycles. The van der Waals surface area contributed by atoms with Gasteiger partial charge in [0, 0.05) is 0 Å². The van der Waals surface area contributed by atoms with Crippen LogP contribution in [0.25, 0.3) is 0 Å². The van der Waals surface area contributed by atoms with Gasteiger partial charge >= 0.3 is 17.9 Å². The minimum absolute atomic E-state index is 0.244. The van der Waals surface area contributed by atoms with E-state index in [1.807, 2.05) is 0 Å². The Bertz CT molecular complexity index is 1010. The van der Waals surface area contributed by atoms with Gasteiger partial charge in [-0.05, 0) is 38.5 Å². The van der Waals surface area contributed by atoms with E-state index in [2.05, 4.69) is 0 Å². The maximum absolute atomic E-state index is 13.0. The summed E-state index contributed by atoms with van der Waals surface area (Å²) in [4.78, 5) is 38.6. The summed E-state index contributed by atoms with van der Waals surface area (Å²) in [5, 5.41) is 111. The monoisotopic (exact) mass is 654 g/mol. The van der Waals surface area contributed by atoms with Gasteiger partial charge in [-0.25, -0.2) is 0 Å². The van der Waals surface area contributed by atoms with Gasteiger partial charge in [-0.1, -0.05) is 0 Å². The molecule has 4 aliphatic rings. The van der Waals surface area contributed by atoms with Crippen molar-refractivity contribution in [3.63, 3.8) is 0 Å². The van der Waals surface area contributed by atoms with Crippen LogP contribution in [-0.4, -0.2) is 166 Å². The normalized spacial score (nSPS) is 47.4. The number of esters is 3. The van der Waals surface area contributed by atoms with Crippen molar-refractivity contribution in [3.8, 4) is 0 Å². The van der Waals surface area contributed by atoms with Gasteiger partial charge < -0.3 is 75.1 Å². The van der Waals surface area contributed by atoms with E-state index in [1.54, 1.807) is 0 Å². The molecule has 11 N–H and O–H groups in total. The lowest BCUT2D eigenvalue weighted by Crippen LogP contribution is -2.62. The van der Waals surface area contributed by atoms with Gasteiger partial charge in [0.25, 0.3) is 0 Å². The average molecular weight is 655 g/mol. The molecule has 0 amide bonds. The van der Waals surface area contributed by atoms with E-state index in [0.29, 0.717) is 0 Å². The van der Waals surface area contributed by atoms with Gasteiger partial charge in [0.1, 0.15) is 37.1 Å². The summed E-state index contributed by atoms with van der Waals surface area (Å²) in [5.41, 5.74) is 0. The Balaban J connectivity index is 1.47. The first-order valence-electron chi connectivity index (χ1n) is 14.8. The zero-order chi connectivity index (χ0) is 33.3. The highest BCUT2D eigenvalue weighted by molar-refractivity contribution is 5.74. The molecule has 1 heterocycles. The van der Waals surface area contributed by atoms with Crippen molar-refractivity contribution in [2.24, 2.45) is 17.8 Å². The summed E-state index contributed by atoms with van der Waals surface area (Å²) < 4.78 is 21.3. The first-order valence-corrected chi connectivity index (χ1v) is 14.8. The first kappa shape index (κ1) is 35.8. The maximum Gasteiger partial charge on any atom is 0.311 e. The highest BCUT2D eigenvalue weighted by Crippen LogP contribution is 2.33. The molecule has 1 saturated heterocycles. The van der Waals surface area contributed by atoms with Gasteiger partial charge in [0.2, 0.25) is 6.29 Å². The molecule has 45 heavy (non-hydrogen) atoms. The molecular weight excluding hydrogens is 612 g/mol. The molecule has 0 aromatic heterocycles. The number of carbonyl (C=O) groups is 3. The molecule has 258 valence electrons. The molecule has 0 aromatic carbocycles. The number of carbonyl (C=O) groups excluding carboxylic acids is 3. The van der Waals surface area contributed by atoms with E-state index in [9.17, 15) is 70.6 Å². The lowest BCUT2D eigenvalue weighted by molar-refractivity contribution is -0.299. The molecule has 1 aliphatic heterocycles. The molecule has 3 aliphatic carbocycles. The highest BCUT2D eigenvalue weighted by atomic mass is 16.7. The van der Waals surface area contributed by atoms with Crippen LogP contribution in [0.15, 0.2) is 0 Å². The largest absolute Gasteiger partial charge is 0.463 e. The predicted octanol–water partition coefficient (Wildman–Crippen LogP) is -6.09. The topological polar surface area (TPSA) is 311 Å². The molecule has 0 radical (unpaired) electrons. The molecule has 6 unspecified atom stereocenters. The molecule has 18 heteroatoms. The summed E-state index contributed by atoms with van der Waals surface area (Å²) in [6.45, 7) is -0.764. The van der Waals surface area contributed by atoms with Gasteiger partial charge in [-0.3, -0.25) is 14.4 Å². The summed E-state index contributed by atoms with van der Waals surface area (Å²) in [5.74, 6) is -6.51. The fourth-order valence-corrected chi connectivity index (χ4v) is 6.22. The number of aliphatic hydroxyl groups excluding tert-OH is 11. The van der Waals surface area contributed by atoms with Crippen molar-refractivity contribution in [2.45, 2.75) is 124 Å². The maximum atomic E-state index is 13.0. The number of ether oxygens (including phenoxy) is 4. The Morgan fingerprint density at radius 2 is 0.844 bits per heavy atom. The van der Waals surface area contributed by atoms with E-state index in [0.717, 1.165) is 0 Å². The molecule has 0 bridgehead atoms. The van der Waals surface area contributed by atoms with Gasteiger partial charge in [-0.15, -0.1) is 0 Å². The Morgan fingerprint density at radius 1 is 0.489 bits per heavy atom. The van der Waals surface area contributed by atoms with Crippen LogP contribution in [-0.2, 0) is 33.3 Å². The number of aliphatic hydroxyl groups is 11. The SMILES string of the molecule is O=C(OC[C@H]1O[C@@H](OC(=O)C2CC(O)C(O)C(O)C2)[C@H](O)[C@@H](OC(=O)C2CC(O)C(O)C(O)C2)[C@@H]1O)C1CC(O)C(O)C(O)C1. The molecule has 4 rings (SSSR count). The second-order valence-electron chi connectivity index (χ2n) is 12.4. The molecule has 4 fully saturated rings. The van der Waals surface area contributed by atoms with E-state index < -0.39 is 128 Å². The Kier molecular flexibility index (Phi) is 11.8. The summed E-state index contributed by atoms with van der Waals surface area (Å²) in [6, 6.07) is 0. The van der Waals surface area contributed by atoms with E-state index >= 15 is 0 Å². The lowest BCUT2D eigenvalue weighted by atomic mass is 9.83. The molecular formula is C27H42O18. The van der Waals surface area contributed by atoms with Crippen LogP contribution in [0, 0.1) is 17.8 Å². The predicted molar refractivity (Wildman–Crippen MR) is 140 cm³/mol. The summed E-state index contributed by atoms with van der Waals surface area (Å²) in [6.07, 6.45) is -24.4. The minimum atomic E-state index is -2.04. The van der Waals surface area contributed by atoms with Crippen LogP contribution in [0.2, 0.25) is 0 Å². The third-order valence-electron chi connectivity index (χ3n) is 9.04. The van der Waals surface area contributed by atoms with Crippen molar-refractivity contribution in [3.05, 3.63) is 0 Å². The number of hydrogen-bond acceptors (Lipinski definition) is 18. The van der Waals surface area contributed by atoms with Gasteiger partial charge in [0.05, 0.1) is 54.4 Å². The lowest BCUT2D eigenvalue weighted by Gasteiger charge is -2.42. The van der Waals surface area contributed by atoms with Gasteiger partial charge in [0.15, 0.2) is 12.2 Å². The van der Waals surface area contributed by atoms with Crippen molar-refractivity contribution < 1.29 is 89.5 Å². The molecule has 11 atom stereocenters. The van der Waals surface area contributed by atoms with Crippen molar-refractivity contribution >= 4 is 17.9 Å². The van der Waals surface area contributed by atoms with E-state index in [4.69, 9.17) is 18.9 Å². The zero-order valence-electron chi connectivity index (χ0n) is 24.0. The van der Waals surface area contributed by atoms with Crippen molar-refractivity contribution in [1.82, 2.24) is 0 Å². The standard InChI is InChI=1S/C27H42O18/c28-11-1-8(2-12(29)18(11)34)24(39)42-7-17-21(37)23(44-25(40)9-3-13(30)19(35)14(31)4-9)22(38)27(43-17)45-26(41)10-5-15(32)20(36)16(33)6-10/h8-23,27-38H,1-7H2/t8?,9?,10?,11?,12?,13?,14?,15?,16?,17-,18?,19?,20?,21-,22-,23+,27+/m1/s1. The van der Waals surface area contributed by atoms with Gasteiger partial charge in [-0.2, -0.15) is 0 Å². The second-order valence-corrected chi connectivity index (χ2v) is 12.4. The Labute approximate surface area is 256 Å². The van der Waals surface area contributed by atoms with E-state index in [1.165, 1.54) is 0 Å². The van der Waals surface area contributed by atoms with Crippen LogP contribution < -0.4 is 0 Å². The third kappa shape index (κ3) is 8.09. The highest BCUT2D eigenvalue weighted by Gasteiger charge is 2.51. The summed E-state index contributed by atoms with van der Waals surface area (Å²) >= 11 is 0. The zero-order valence-corrected chi connectivity index (χ0v) is 24.0. The number of hydrogen-bond donors (Lipinski definition) is 11. The Hall–Kier alpha value is -2.07. The second kappa shape index (κ2) is 14.8. The number of rotatable bonds is 7. The minimum Gasteiger partial charge on any atom is -0.463 e. The van der Waals surface area contributed by atoms with Crippen molar-refractivity contribution in [2.75, 3.05) is 6.61 Å².